The van der Waals surface area contributed by atoms with Crippen molar-refractivity contribution in [3.05, 3.63) is 70.8 Å². The number of hydrogen-bond donors (Lipinski definition) is 3. The van der Waals surface area contributed by atoms with Gasteiger partial charge in [-0.25, -0.2) is 4.79 Å². The molecule has 0 aliphatic heterocycles. The first-order chi connectivity index (χ1) is 12.3. The summed E-state index contributed by atoms with van der Waals surface area (Å²) >= 11 is 0. The number of carbonyl (C=O) groups excluding carboxylic acids is 1. The van der Waals surface area contributed by atoms with Crippen LogP contribution in [0.1, 0.15) is 28.4 Å². The lowest BCUT2D eigenvalue weighted by molar-refractivity contribution is -0.137. The van der Waals surface area contributed by atoms with Crippen LogP contribution in [0.3, 0.4) is 0 Å². The molecule has 0 heterocycles. The molecular weight excluding hydrogens is 345 g/mol. The number of rotatable bonds is 6. The number of carbonyl (C=O) groups is 1. The van der Waals surface area contributed by atoms with Gasteiger partial charge in [0, 0.05) is 13.1 Å². The molecule has 0 radical (unpaired) electrons. The van der Waals surface area contributed by atoms with Gasteiger partial charge in [0.2, 0.25) is 0 Å². The fourth-order valence-corrected chi connectivity index (χ4v) is 2.37. The number of amides is 2. The van der Waals surface area contributed by atoms with Gasteiger partial charge in [-0.2, -0.15) is 13.2 Å². The number of aliphatic hydroxyl groups excluding tert-OH is 1. The van der Waals surface area contributed by atoms with E-state index >= 15 is 0 Å². The molecular formula is C19H21F3N2O2. The number of urea groups is 1. The van der Waals surface area contributed by atoms with Crippen LogP contribution in [0.4, 0.5) is 18.0 Å². The molecule has 0 aliphatic rings. The molecule has 1 unspecified atom stereocenters. The van der Waals surface area contributed by atoms with Crippen molar-refractivity contribution in [3.63, 3.8) is 0 Å². The van der Waals surface area contributed by atoms with E-state index in [1.165, 1.54) is 12.1 Å². The van der Waals surface area contributed by atoms with E-state index in [-0.39, 0.29) is 12.1 Å². The van der Waals surface area contributed by atoms with Crippen molar-refractivity contribution in [3.8, 4) is 0 Å². The topological polar surface area (TPSA) is 61.4 Å². The molecule has 2 aromatic carbocycles. The molecule has 0 bridgehead atoms. The molecule has 4 nitrogen and oxygen atoms in total. The van der Waals surface area contributed by atoms with E-state index in [9.17, 15) is 23.1 Å². The van der Waals surface area contributed by atoms with Crippen molar-refractivity contribution in [2.75, 3.05) is 13.1 Å². The van der Waals surface area contributed by atoms with Gasteiger partial charge in [0.05, 0.1) is 11.7 Å². The predicted octanol–water partition coefficient (Wildman–Crippen LogP) is 3.59. The maximum absolute atomic E-state index is 12.7. The lowest BCUT2D eigenvalue weighted by atomic mass is 10.1. The molecule has 0 fully saturated rings. The maximum atomic E-state index is 12.7. The number of halogens is 3. The smallest absolute Gasteiger partial charge is 0.387 e. The number of aliphatic hydroxyl groups is 1. The zero-order valence-corrected chi connectivity index (χ0v) is 14.3. The lowest BCUT2D eigenvalue weighted by Crippen LogP contribution is -2.38. The maximum Gasteiger partial charge on any atom is 0.416 e. The van der Waals surface area contributed by atoms with Crippen LogP contribution >= 0.6 is 0 Å². The van der Waals surface area contributed by atoms with Crippen molar-refractivity contribution >= 4 is 6.03 Å². The predicted molar refractivity (Wildman–Crippen MR) is 92.7 cm³/mol. The van der Waals surface area contributed by atoms with E-state index in [2.05, 4.69) is 10.6 Å². The lowest BCUT2D eigenvalue weighted by Gasteiger charge is -2.15. The Morgan fingerprint density at radius 1 is 1.12 bits per heavy atom. The standard InChI is InChI=1S/C19H21F3N2O2/c1-13-5-7-14(8-6-13)9-10-23-18(26)24-12-17(25)15-3-2-4-16(11-15)19(20,21)22/h2-8,11,17,25H,9-10,12H2,1H3,(H2,23,24,26). The van der Waals surface area contributed by atoms with E-state index < -0.39 is 23.9 Å². The van der Waals surface area contributed by atoms with Gasteiger partial charge >= 0.3 is 12.2 Å². The van der Waals surface area contributed by atoms with Crippen molar-refractivity contribution in [2.24, 2.45) is 0 Å². The minimum absolute atomic E-state index is 0.0970. The van der Waals surface area contributed by atoms with Crippen molar-refractivity contribution in [1.82, 2.24) is 10.6 Å². The van der Waals surface area contributed by atoms with Gasteiger partial charge in [0.25, 0.3) is 0 Å². The highest BCUT2D eigenvalue weighted by atomic mass is 19.4. The second-order valence-corrected chi connectivity index (χ2v) is 6.01. The van der Waals surface area contributed by atoms with Gasteiger partial charge in [-0.3, -0.25) is 0 Å². The normalized spacial score (nSPS) is 12.5. The van der Waals surface area contributed by atoms with Crippen LogP contribution in [0.15, 0.2) is 48.5 Å². The quantitative estimate of drug-likeness (QED) is 0.732. The Labute approximate surface area is 150 Å². The second-order valence-electron chi connectivity index (χ2n) is 6.01. The van der Waals surface area contributed by atoms with E-state index in [4.69, 9.17) is 0 Å². The number of aryl methyl sites for hydroxylation is 1. The fraction of sp³-hybridized carbons (Fsp3) is 0.316. The van der Waals surface area contributed by atoms with Crippen LogP contribution in [0.25, 0.3) is 0 Å². The summed E-state index contributed by atoms with van der Waals surface area (Å²) in [6.45, 7) is 2.22. The van der Waals surface area contributed by atoms with E-state index in [1.54, 1.807) is 0 Å². The molecule has 2 amide bonds. The van der Waals surface area contributed by atoms with E-state index in [0.29, 0.717) is 13.0 Å². The molecule has 7 heteroatoms. The summed E-state index contributed by atoms with van der Waals surface area (Å²) in [6.07, 6.45) is -5.04. The molecule has 0 aromatic heterocycles. The monoisotopic (exact) mass is 366 g/mol. The zero-order valence-electron chi connectivity index (χ0n) is 14.3. The summed E-state index contributed by atoms with van der Waals surface area (Å²) in [5.41, 5.74) is 1.50. The first-order valence-electron chi connectivity index (χ1n) is 8.18. The summed E-state index contributed by atoms with van der Waals surface area (Å²) < 4.78 is 38.1. The molecule has 3 N–H and O–H groups in total. The van der Waals surface area contributed by atoms with Gasteiger partial charge < -0.3 is 15.7 Å². The largest absolute Gasteiger partial charge is 0.416 e. The summed E-state index contributed by atoms with van der Waals surface area (Å²) in [5, 5.41) is 15.1. The first-order valence-corrected chi connectivity index (χ1v) is 8.18. The molecule has 0 saturated carbocycles. The highest BCUT2D eigenvalue weighted by Gasteiger charge is 2.30. The molecule has 0 spiro atoms. The summed E-state index contributed by atoms with van der Waals surface area (Å²) in [4.78, 5) is 11.7. The average molecular weight is 366 g/mol. The highest BCUT2D eigenvalue weighted by Crippen LogP contribution is 2.30. The van der Waals surface area contributed by atoms with E-state index in [1.807, 2.05) is 31.2 Å². The number of benzene rings is 2. The Morgan fingerprint density at radius 3 is 2.46 bits per heavy atom. The second kappa shape index (κ2) is 8.71. The summed E-state index contributed by atoms with van der Waals surface area (Å²) in [7, 11) is 0. The number of alkyl halides is 3. The molecule has 0 saturated heterocycles. The zero-order chi connectivity index (χ0) is 19.2. The third-order valence-electron chi connectivity index (χ3n) is 3.87. The Kier molecular flexibility index (Phi) is 6.63. The number of nitrogens with one attached hydrogen (secondary N) is 2. The molecule has 26 heavy (non-hydrogen) atoms. The highest BCUT2D eigenvalue weighted by molar-refractivity contribution is 5.73. The fourth-order valence-electron chi connectivity index (χ4n) is 2.37. The Hall–Kier alpha value is -2.54. The Balaban J connectivity index is 1.77. The van der Waals surface area contributed by atoms with Crippen LogP contribution in [-0.4, -0.2) is 24.2 Å². The van der Waals surface area contributed by atoms with Crippen molar-refractivity contribution in [1.29, 1.82) is 0 Å². The first kappa shape index (κ1) is 19.8. The third kappa shape index (κ3) is 6.07. The average Bonchev–Trinajstić information content (AvgIpc) is 2.61. The third-order valence-corrected chi connectivity index (χ3v) is 3.87. The minimum Gasteiger partial charge on any atom is -0.387 e. The van der Waals surface area contributed by atoms with Gasteiger partial charge in [0.15, 0.2) is 0 Å². The van der Waals surface area contributed by atoms with Crippen molar-refractivity contribution < 1.29 is 23.1 Å². The van der Waals surface area contributed by atoms with Crippen LogP contribution in [0.5, 0.6) is 0 Å². The van der Waals surface area contributed by atoms with Gasteiger partial charge in [-0.1, -0.05) is 42.0 Å². The SMILES string of the molecule is Cc1ccc(CCNC(=O)NCC(O)c2cccc(C(F)(F)F)c2)cc1. The molecule has 2 aromatic rings. The van der Waals surface area contributed by atoms with Crippen LogP contribution in [0.2, 0.25) is 0 Å². The minimum atomic E-state index is -4.48. The van der Waals surface area contributed by atoms with E-state index in [0.717, 1.165) is 23.3 Å². The summed E-state index contributed by atoms with van der Waals surface area (Å²) in [6, 6.07) is 11.9. The molecule has 140 valence electrons. The molecule has 0 aliphatic carbocycles. The van der Waals surface area contributed by atoms with Crippen LogP contribution < -0.4 is 10.6 Å². The Morgan fingerprint density at radius 2 is 1.81 bits per heavy atom. The molecule has 2 rings (SSSR count). The van der Waals surface area contributed by atoms with Crippen molar-refractivity contribution in [2.45, 2.75) is 25.6 Å². The number of hydrogen-bond acceptors (Lipinski definition) is 2. The van der Waals surface area contributed by atoms with Gasteiger partial charge in [-0.05, 0) is 36.6 Å². The van der Waals surface area contributed by atoms with Gasteiger partial charge in [0.1, 0.15) is 0 Å². The van der Waals surface area contributed by atoms with Crippen LogP contribution in [0, 0.1) is 6.92 Å². The van der Waals surface area contributed by atoms with Gasteiger partial charge in [-0.15, -0.1) is 0 Å². The Bertz CT molecular complexity index is 730. The van der Waals surface area contributed by atoms with Crippen LogP contribution in [-0.2, 0) is 12.6 Å². The molecule has 1 atom stereocenters. The summed E-state index contributed by atoms with van der Waals surface area (Å²) in [5.74, 6) is 0.